The van der Waals surface area contributed by atoms with Crippen LogP contribution >= 0.6 is 0 Å². The molecule has 1 saturated heterocycles. The Hall–Kier alpha value is -2.93. The average Bonchev–Trinajstić information content (AvgIpc) is 2.79. The molecule has 0 radical (unpaired) electrons. The number of ether oxygens (including phenoxy) is 3. The standard InChI is InChI=1S/C23H31N3O4/c1-17(21-15-20(29-3)8-9-22(21)30-4)24-23(27)16-25-10-12-26(13-11-25)18-6-5-7-19(14-18)28-2/h5-9,14-15,17H,10-13,16H2,1-4H3,(H,24,27)/t17-/m1/s1. The van der Waals surface area contributed by atoms with Crippen LogP contribution in [0.15, 0.2) is 42.5 Å². The van der Waals surface area contributed by atoms with Crippen LogP contribution in [0, 0.1) is 0 Å². The molecule has 0 bridgehead atoms. The molecule has 2 aromatic carbocycles. The molecule has 3 rings (SSSR count). The van der Waals surface area contributed by atoms with Gasteiger partial charge >= 0.3 is 0 Å². The Balaban J connectivity index is 1.52. The van der Waals surface area contributed by atoms with Crippen molar-refractivity contribution in [2.24, 2.45) is 0 Å². The molecule has 1 fully saturated rings. The van der Waals surface area contributed by atoms with E-state index in [0.717, 1.165) is 54.7 Å². The summed E-state index contributed by atoms with van der Waals surface area (Å²) in [5.74, 6) is 2.33. The molecule has 0 unspecified atom stereocenters. The maximum absolute atomic E-state index is 12.6. The molecule has 7 nitrogen and oxygen atoms in total. The van der Waals surface area contributed by atoms with Crippen molar-refractivity contribution >= 4 is 11.6 Å². The number of rotatable bonds is 8. The van der Waals surface area contributed by atoms with E-state index in [9.17, 15) is 4.79 Å². The van der Waals surface area contributed by atoms with Crippen LogP contribution in [0.3, 0.4) is 0 Å². The van der Waals surface area contributed by atoms with Crippen LogP contribution in [0.5, 0.6) is 17.2 Å². The Labute approximate surface area is 178 Å². The molecule has 1 aliphatic heterocycles. The minimum atomic E-state index is -0.180. The molecule has 30 heavy (non-hydrogen) atoms. The van der Waals surface area contributed by atoms with E-state index < -0.39 is 0 Å². The summed E-state index contributed by atoms with van der Waals surface area (Å²) in [6.07, 6.45) is 0. The van der Waals surface area contributed by atoms with Crippen molar-refractivity contribution in [3.8, 4) is 17.2 Å². The number of carbonyl (C=O) groups excluding carboxylic acids is 1. The molecule has 0 aromatic heterocycles. The molecule has 7 heteroatoms. The highest BCUT2D eigenvalue weighted by Gasteiger charge is 2.21. The lowest BCUT2D eigenvalue weighted by molar-refractivity contribution is -0.123. The minimum Gasteiger partial charge on any atom is -0.497 e. The van der Waals surface area contributed by atoms with Gasteiger partial charge in [0.1, 0.15) is 17.2 Å². The molecule has 0 aliphatic carbocycles. The van der Waals surface area contributed by atoms with Crippen LogP contribution in [-0.4, -0.2) is 64.9 Å². The molecule has 162 valence electrons. The third kappa shape index (κ3) is 5.36. The normalized spacial score (nSPS) is 15.4. The lowest BCUT2D eigenvalue weighted by atomic mass is 10.1. The van der Waals surface area contributed by atoms with E-state index in [-0.39, 0.29) is 11.9 Å². The van der Waals surface area contributed by atoms with Crippen LogP contribution in [-0.2, 0) is 4.79 Å². The molecular weight excluding hydrogens is 382 g/mol. The van der Waals surface area contributed by atoms with Crippen LogP contribution in [0.4, 0.5) is 5.69 Å². The topological polar surface area (TPSA) is 63.3 Å². The third-order valence-electron chi connectivity index (χ3n) is 5.44. The van der Waals surface area contributed by atoms with Gasteiger partial charge in [-0.05, 0) is 37.3 Å². The van der Waals surface area contributed by atoms with Crippen molar-refractivity contribution in [1.29, 1.82) is 0 Å². The Morgan fingerprint density at radius 3 is 2.33 bits per heavy atom. The second-order valence-electron chi connectivity index (χ2n) is 7.36. The predicted octanol–water partition coefficient (Wildman–Crippen LogP) is 2.71. The van der Waals surface area contributed by atoms with E-state index in [4.69, 9.17) is 14.2 Å². The Kier molecular flexibility index (Phi) is 7.41. The van der Waals surface area contributed by atoms with Crippen molar-refractivity contribution in [2.75, 3.05) is 59.0 Å². The second-order valence-corrected chi connectivity index (χ2v) is 7.36. The van der Waals surface area contributed by atoms with E-state index in [0.29, 0.717) is 6.54 Å². The zero-order valence-electron chi connectivity index (χ0n) is 18.2. The highest BCUT2D eigenvalue weighted by Crippen LogP contribution is 2.29. The summed E-state index contributed by atoms with van der Waals surface area (Å²) >= 11 is 0. The molecule has 1 atom stereocenters. The Morgan fingerprint density at radius 1 is 0.967 bits per heavy atom. The van der Waals surface area contributed by atoms with E-state index in [2.05, 4.69) is 21.2 Å². The summed E-state index contributed by atoms with van der Waals surface area (Å²) < 4.78 is 16.1. The van der Waals surface area contributed by atoms with Gasteiger partial charge in [-0.2, -0.15) is 0 Å². The fourth-order valence-corrected chi connectivity index (χ4v) is 3.72. The summed E-state index contributed by atoms with van der Waals surface area (Å²) in [6, 6.07) is 13.5. The van der Waals surface area contributed by atoms with Gasteiger partial charge in [0.15, 0.2) is 0 Å². The second kappa shape index (κ2) is 10.2. The third-order valence-corrected chi connectivity index (χ3v) is 5.44. The number of piperazine rings is 1. The zero-order valence-corrected chi connectivity index (χ0v) is 18.2. The summed E-state index contributed by atoms with van der Waals surface area (Å²) in [4.78, 5) is 17.1. The van der Waals surface area contributed by atoms with E-state index in [1.165, 1.54) is 0 Å². The van der Waals surface area contributed by atoms with Crippen LogP contribution in [0.25, 0.3) is 0 Å². The predicted molar refractivity (Wildman–Crippen MR) is 118 cm³/mol. The number of nitrogens with zero attached hydrogens (tertiary/aromatic N) is 2. The molecule has 1 heterocycles. The minimum absolute atomic E-state index is 0.00204. The summed E-state index contributed by atoms with van der Waals surface area (Å²) in [5, 5.41) is 3.08. The number of hydrogen-bond acceptors (Lipinski definition) is 6. The molecule has 2 aromatic rings. The molecule has 1 N–H and O–H groups in total. The summed E-state index contributed by atoms with van der Waals surface area (Å²) in [7, 11) is 4.93. The van der Waals surface area contributed by atoms with Gasteiger partial charge in [-0.15, -0.1) is 0 Å². The number of nitrogens with one attached hydrogen (secondary N) is 1. The van der Waals surface area contributed by atoms with Gasteiger partial charge < -0.3 is 24.4 Å². The highest BCUT2D eigenvalue weighted by molar-refractivity contribution is 5.78. The fraction of sp³-hybridized carbons (Fsp3) is 0.435. The summed E-state index contributed by atoms with van der Waals surface area (Å²) in [5.41, 5.74) is 2.05. The van der Waals surface area contributed by atoms with Crippen LogP contribution < -0.4 is 24.4 Å². The lowest BCUT2D eigenvalue weighted by Gasteiger charge is -2.36. The van der Waals surface area contributed by atoms with Crippen molar-refractivity contribution in [3.05, 3.63) is 48.0 Å². The van der Waals surface area contributed by atoms with Crippen LogP contribution in [0.2, 0.25) is 0 Å². The van der Waals surface area contributed by atoms with Crippen molar-refractivity contribution in [2.45, 2.75) is 13.0 Å². The first-order chi connectivity index (χ1) is 14.5. The van der Waals surface area contributed by atoms with Gasteiger partial charge in [0.2, 0.25) is 5.91 Å². The quantitative estimate of drug-likeness (QED) is 0.718. The van der Waals surface area contributed by atoms with Gasteiger partial charge in [0, 0.05) is 43.5 Å². The first-order valence-electron chi connectivity index (χ1n) is 10.2. The first-order valence-corrected chi connectivity index (χ1v) is 10.2. The number of hydrogen-bond donors (Lipinski definition) is 1. The fourth-order valence-electron chi connectivity index (χ4n) is 3.72. The SMILES string of the molecule is COc1cccc(N2CCN(CC(=O)N[C@H](C)c3cc(OC)ccc3OC)CC2)c1. The largest absolute Gasteiger partial charge is 0.497 e. The lowest BCUT2D eigenvalue weighted by Crippen LogP contribution is -2.49. The number of anilines is 1. The maximum Gasteiger partial charge on any atom is 0.234 e. The number of amides is 1. The van der Waals surface area contributed by atoms with Crippen molar-refractivity contribution in [1.82, 2.24) is 10.2 Å². The molecule has 0 spiro atoms. The van der Waals surface area contributed by atoms with Crippen molar-refractivity contribution in [3.63, 3.8) is 0 Å². The number of benzene rings is 2. The zero-order chi connectivity index (χ0) is 21.5. The van der Waals surface area contributed by atoms with E-state index in [1.54, 1.807) is 21.3 Å². The monoisotopic (exact) mass is 413 g/mol. The van der Waals surface area contributed by atoms with Gasteiger partial charge in [-0.25, -0.2) is 0 Å². The summed E-state index contributed by atoms with van der Waals surface area (Å²) in [6.45, 7) is 5.75. The number of carbonyl (C=O) groups is 1. The Bertz CT molecular complexity index is 850. The smallest absolute Gasteiger partial charge is 0.234 e. The highest BCUT2D eigenvalue weighted by atomic mass is 16.5. The van der Waals surface area contributed by atoms with Gasteiger partial charge in [-0.3, -0.25) is 9.69 Å². The molecular formula is C23H31N3O4. The first kappa shape index (κ1) is 21.8. The van der Waals surface area contributed by atoms with Gasteiger partial charge in [-0.1, -0.05) is 6.07 Å². The van der Waals surface area contributed by atoms with E-state index in [1.807, 2.05) is 43.3 Å². The van der Waals surface area contributed by atoms with Gasteiger partial charge in [0.25, 0.3) is 0 Å². The molecule has 1 aliphatic rings. The number of methoxy groups -OCH3 is 3. The van der Waals surface area contributed by atoms with Gasteiger partial charge in [0.05, 0.1) is 33.9 Å². The maximum atomic E-state index is 12.6. The Morgan fingerprint density at radius 2 is 1.67 bits per heavy atom. The van der Waals surface area contributed by atoms with E-state index >= 15 is 0 Å². The van der Waals surface area contributed by atoms with Crippen LogP contribution in [0.1, 0.15) is 18.5 Å². The molecule has 1 amide bonds. The van der Waals surface area contributed by atoms with Crippen molar-refractivity contribution < 1.29 is 19.0 Å². The average molecular weight is 414 g/mol. The molecule has 0 saturated carbocycles.